The topological polar surface area (TPSA) is 195 Å². The number of nitrogens with one attached hydrogen (secondary N) is 1. The highest BCUT2D eigenvalue weighted by molar-refractivity contribution is 6.44. The van der Waals surface area contributed by atoms with Gasteiger partial charge in [-0.15, -0.1) is 12.4 Å². The van der Waals surface area contributed by atoms with Crippen molar-refractivity contribution in [1.29, 1.82) is 0 Å². The van der Waals surface area contributed by atoms with Crippen molar-refractivity contribution in [2.75, 3.05) is 13.1 Å². The first-order valence-electron chi connectivity index (χ1n) is 10.1. The molecule has 0 saturated carbocycles. The van der Waals surface area contributed by atoms with Gasteiger partial charge in [0.15, 0.2) is 0 Å². The lowest BCUT2D eigenvalue weighted by atomic mass is 9.78. The highest BCUT2D eigenvalue weighted by atomic mass is 35.5. The molecular weight excluding hydrogens is 458 g/mol. The van der Waals surface area contributed by atoms with Crippen molar-refractivity contribution in [3.63, 3.8) is 0 Å². The fourth-order valence-corrected chi connectivity index (χ4v) is 3.55. The van der Waals surface area contributed by atoms with Crippen LogP contribution in [0, 0.1) is 0 Å². The maximum Gasteiger partial charge on any atom is 0.522 e. The first kappa shape index (κ1) is 26.2. The molecule has 1 saturated heterocycles. The molecule has 3 rings (SSSR count). The third-order valence-electron chi connectivity index (χ3n) is 5.27. The molecule has 0 aliphatic carbocycles. The molecule has 0 bridgehead atoms. The van der Waals surface area contributed by atoms with Crippen molar-refractivity contribution >= 4 is 43.2 Å². The number of benzene rings is 1. The smallest absolute Gasteiger partial charge is 0.522 e. The Bertz CT molecular complexity index is 943. The molecule has 0 spiro atoms. The Morgan fingerprint density at radius 2 is 2.00 bits per heavy atom. The quantitative estimate of drug-likeness (QED) is 0.273. The van der Waals surface area contributed by atoms with Crippen LogP contribution in [0.2, 0.25) is 6.32 Å². The Balaban J connectivity index is 0.00000385. The molecule has 2 aliphatic rings. The van der Waals surface area contributed by atoms with Gasteiger partial charge in [-0.3, -0.25) is 14.4 Å². The molecule has 2 atom stereocenters. The number of aromatic carboxylic acids is 1. The minimum Gasteiger partial charge on any atom is -0.535 e. The van der Waals surface area contributed by atoms with Crippen LogP contribution in [0.25, 0.3) is 0 Å². The number of carboxylic acid groups (broad SMARTS) is 1. The molecule has 2 heterocycles. The number of fused-ring (bicyclic) bond motifs is 1. The van der Waals surface area contributed by atoms with E-state index in [0.717, 1.165) is 0 Å². The monoisotopic (exact) mass is 484 g/mol. The van der Waals surface area contributed by atoms with Crippen molar-refractivity contribution in [3.8, 4) is 11.5 Å². The molecule has 7 N–H and O–H groups in total. The number of primary amides is 1. The predicted octanol–water partition coefficient (Wildman–Crippen LogP) is -1.48. The summed E-state index contributed by atoms with van der Waals surface area (Å²) in [7, 11) is -1.08. The number of halogens is 1. The summed E-state index contributed by atoms with van der Waals surface area (Å²) in [5, 5.41) is 21.8. The van der Waals surface area contributed by atoms with E-state index in [4.69, 9.17) is 20.9 Å². The first-order chi connectivity index (χ1) is 15.1. The molecule has 1 aromatic rings. The summed E-state index contributed by atoms with van der Waals surface area (Å²) in [6.07, 6.45) is 0.0623. The van der Waals surface area contributed by atoms with Crippen molar-refractivity contribution in [2.45, 2.75) is 44.3 Å². The van der Waals surface area contributed by atoms with E-state index in [2.05, 4.69) is 5.32 Å². The van der Waals surface area contributed by atoms with Gasteiger partial charge in [-0.2, -0.15) is 0 Å². The van der Waals surface area contributed by atoms with Crippen LogP contribution in [-0.4, -0.2) is 77.1 Å². The van der Waals surface area contributed by atoms with Crippen LogP contribution in [-0.2, 0) is 20.8 Å². The van der Waals surface area contributed by atoms with Gasteiger partial charge in [0.25, 0.3) is 0 Å². The zero-order valence-corrected chi connectivity index (χ0v) is 18.7. The zero-order valence-electron chi connectivity index (χ0n) is 17.9. The van der Waals surface area contributed by atoms with E-state index in [1.165, 1.54) is 17.9 Å². The minimum absolute atomic E-state index is 0. The molecular formula is C19H26BClN4O8. The second kappa shape index (κ2) is 10.7. The molecule has 1 aromatic carbocycles. The lowest BCUT2D eigenvalue weighted by Crippen LogP contribution is -2.61. The Hall–Kier alpha value is -3.03. The number of hydrogen-bond donors (Lipinski definition) is 5. The van der Waals surface area contributed by atoms with Gasteiger partial charge in [0.1, 0.15) is 29.2 Å². The molecule has 3 amide bonds. The lowest BCUT2D eigenvalue weighted by molar-refractivity contribution is -0.143. The number of hydrogen-bond acceptors (Lipinski definition) is 8. The van der Waals surface area contributed by atoms with Crippen LogP contribution in [0.1, 0.15) is 29.3 Å². The van der Waals surface area contributed by atoms with E-state index >= 15 is 0 Å². The number of rotatable bonds is 8. The van der Waals surface area contributed by atoms with Crippen molar-refractivity contribution in [2.24, 2.45) is 11.5 Å². The summed E-state index contributed by atoms with van der Waals surface area (Å²) >= 11 is 0. The summed E-state index contributed by atoms with van der Waals surface area (Å²) in [5.41, 5.74) is 11.1. The van der Waals surface area contributed by atoms with Crippen LogP contribution in [0.15, 0.2) is 12.1 Å². The van der Waals surface area contributed by atoms with Gasteiger partial charge < -0.3 is 41.2 Å². The second-order valence-corrected chi connectivity index (χ2v) is 7.83. The molecule has 12 nitrogen and oxygen atoms in total. The van der Waals surface area contributed by atoms with Gasteiger partial charge in [-0.05, 0) is 31.3 Å². The maximum atomic E-state index is 12.5. The van der Waals surface area contributed by atoms with Crippen LogP contribution in [0.5, 0.6) is 11.5 Å². The number of carboxylic acids is 1. The summed E-state index contributed by atoms with van der Waals surface area (Å²) < 4.78 is 11.1. The zero-order chi connectivity index (χ0) is 23.6. The lowest BCUT2D eigenvalue weighted by Gasteiger charge is -2.40. The number of likely N-dealkylation sites (tertiary alicyclic amines) is 1. The average Bonchev–Trinajstić information content (AvgIpc) is 2.68. The number of amides is 3. The Morgan fingerprint density at radius 1 is 1.33 bits per heavy atom. The third kappa shape index (κ3) is 6.06. The van der Waals surface area contributed by atoms with Crippen LogP contribution in [0.3, 0.4) is 0 Å². The molecule has 33 heavy (non-hydrogen) atoms. The first-order valence-corrected chi connectivity index (χ1v) is 10.1. The number of carbonyl (C=O) groups is 4. The van der Waals surface area contributed by atoms with Crippen LogP contribution < -0.4 is 26.2 Å². The van der Waals surface area contributed by atoms with Gasteiger partial charge in [0, 0.05) is 0 Å². The van der Waals surface area contributed by atoms with E-state index < -0.39 is 43.1 Å². The van der Waals surface area contributed by atoms with Crippen molar-refractivity contribution in [1.82, 2.24) is 10.2 Å². The summed E-state index contributed by atoms with van der Waals surface area (Å²) in [6.45, 7) is 1.86. The number of ether oxygens (including phenoxy) is 1. The fourth-order valence-electron chi connectivity index (χ4n) is 3.55. The summed E-state index contributed by atoms with van der Waals surface area (Å²) in [4.78, 5) is 48.5. The van der Waals surface area contributed by atoms with E-state index in [9.17, 15) is 29.3 Å². The Kier molecular flexibility index (Phi) is 8.53. The standard InChI is InChI=1S/C19H25BN4O8.ClH/c1-9(23-17(26)12(21)6-14(22)25)18(27)24-7-11(8-24)31-13-3-2-10-4-5-20(30)32-16(10)15(13)19(28)29;/h2-3,9,11-12,30H,4-8,21H2,1H3,(H2,22,25)(H,23,26)(H,28,29);1H/t9-,12-;/m1./s1. The number of carbonyl (C=O) groups excluding carboxylic acids is 3. The van der Waals surface area contributed by atoms with Gasteiger partial charge in [-0.1, -0.05) is 6.07 Å². The van der Waals surface area contributed by atoms with Crippen molar-refractivity contribution in [3.05, 3.63) is 23.3 Å². The van der Waals surface area contributed by atoms with Crippen molar-refractivity contribution < 1.29 is 38.7 Å². The van der Waals surface area contributed by atoms with Gasteiger partial charge >= 0.3 is 13.1 Å². The highest BCUT2D eigenvalue weighted by Crippen LogP contribution is 2.37. The number of aryl methyl sites for hydroxylation is 1. The van der Waals surface area contributed by atoms with E-state index in [1.54, 1.807) is 6.07 Å². The van der Waals surface area contributed by atoms with Gasteiger partial charge in [-0.25, -0.2) is 4.79 Å². The van der Waals surface area contributed by atoms with Gasteiger partial charge in [0.2, 0.25) is 17.7 Å². The van der Waals surface area contributed by atoms with E-state index in [1.807, 2.05) is 0 Å². The molecule has 180 valence electrons. The minimum atomic E-state index is -1.25. The second-order valence-electron chi connectivity index (χ2n) is 7.83. The highest BCUT2D eigenvalue weighted by Gasteiger charge is 2.37. The largest absolute Gasteiger partial charge is 0.535 e. The molecule has 1 fully saturated rings. The third-order valence-corrected chi connectivity index (χ3v) is 5.27. The molecule has 0 radical (unpaired) electrons. The Morgan fingerprint density at radius 3 is 2.61 bits per heavy atom. The average molecular weight is 485 g/mol. The maximum absolute atomic E-state index is 12.5. The van der Waals surface area contributed by atoms with Gasteiger partial charge in [0.05, 0.1) is 25.6 Å². The normalized spacial score (nSPS) is 16.8. The fraction of sp³-hybridized carbons (Fsp3) is 0.474. The van der Waals surface area contributed by atoms with Crippen LogP contribution in [0.4, 0.5) is 0 Å². The van der Waals surface area contributed by atoms with Crippen LogP contribution >= 0.6 is 12.4 Å². The summed E-state index contributed by atoms with van der Waals surface area (Å²) in [6, 6.07) is 1.21. The molecule has 0 aromatic heterocycles. The molecule has 14 heteroatoms. The summed E-state index contributed by atoms with van der Waals surface area (Å²) in [5.74, 6) is -2.84. The predicted molar refractivity (Wildman–Crippen MR) is 118 cm³/mol. The molecule has 2 aliphatic heterocycles. The number of nitrogens with two attached hydrogens (primary N) is 2. The number of nitrogens with zero attached hydrogens (tertiary/aromatic N) is 1. The molecule has 0 unspecified atom stereocenters. The van der Waals surface area contributed by atoms with E-state index in [-0.39, 0.29) is 54.9 Å². The SMILES string of the molecule is C[C@@H](NC(=O)[C@H](N)CC(N)=O)C(=O)N1CC(Oc2ccc3c(c2C(=O)O)OB(O)CC3)C1.Cl. The Labute approximate surface area is 196 Å². The van der Waals surface area contributed by atoms with E-state index in [0.29, 0.717) is 18.3 Å².